The molecule has 168 valence electrons. The SMILES string of the molecule is Cc1ccc(-n2nccn2)c(C(=O)N2CCCC(Oc3ncc(C(F)(F)F)cc3F)C2)n1. The zero-order valence-electron chi connectivity index (χ0n) is 16.9. The Morgan fingerprint density at radius 2 is 1.97 bits per heavy atom. The monoisotopic (exact) mass is 450 g/mol. The van der Waals surface area contributed by atoms with Gasteiger partial charge < -0.3 is 9.64 Å². The van der Waals surface area contributed by atoms with E-state index in [1.165, 1.54) is 22.1 Å². The Kier molecular flexibility index (Phi) is 5.76. The Bertz CT molecular complexity index is 1120. The van der Waals surface area contributed by atoms with Crippen LogP contribution in [-0.2, 0) is 6.18 Å². The summed E-state index contributed by atoms with van der Waals surface area (Å²) in [5.74, 6) is -2.13. The van der Waals surface area contributed by atoms with Gasteiger partial charge in [0.05, 0.1) is 24.5 Å². The van der Waals surface area contributed by atoms with Crippen LogP contribution in [-0.4, -0.2) is 55.0 Å². The lowest BCUT2D eigenvalue weighted by atomic mass is 10.1. The van der Waals surface area contributed by atoms with Crippen molar-refractivity contribution in [3.8, 4) is 11.6 Å². The fourth-order valence-electron chi connectivity index (χ4n) is 3.40. The second-order valence-corrected chi connectivity index (χ2v) is 7.28. The van der Waals surface area contributed by atoms with Gasteiger partial charge in [-0.25, -0.2) is 14.4 Å². The van der Waals surface area contributed by atoms with E-state index in [2.05, 4.69) is 20.2 Å². The molecule has 4 rings (SSSR count). The van der Waals surface area contributed by atoms with Crippen molar-refractivity contribution in [2.45, 2.75) is 32.0 Å². The molecule has 0 N–H and O–H groups in total. The molecule has 0 aromatic carbocycles. The molecule has 1 aliphatic rings. The number of likely N-dealkylation sites (tertiary alicyclic amines) is 1. The summed E-state index contributed by atoms with van der Waals surface area (Å²) in [5, 5.41) is 8.10. The lowest BCUT2D eigenvalue weighted by molar-refractivity contribution is -0.138. The fraction of sp³-hybridized carbons (Fsp3) is 0.350. The van der Waals surface area contributed by atoms with Crippen molar-refractivity contribution < 1.29 is 27.1 Å². The Labute approximate surface area is 179 Å². The van der Waals surface area contributed by atoms with Crippen LogP contribution in [0.25, 0.3) is 5.69 Å². The van der Waals surface area contributed by atoms with Gasteiger partial charge in [-0.05, 0) is 38.0 Å². The second-order valence-electron chi connectivity index (χ2n) is 7.28. The Morgan fingerprint density at radius 3 is 2.66 bits per heavy atom. The molecular formula is C20H18F4N6O2. The van der Waals surface area contributed by atoms with Crippen molar-refractivity contribution in [2.24, 2.45) is 0 Å². The first-order valence-corrected chi connectivity index (χ1v) is 9.75. The normalized spacial score (nSPS) is 16.8. The molecule has 0 bridgehead atoms. The molecule has 3 aromatic heterocycles. The summed E-state index contributed by atoms with van der Waals surface area (Å²) in [7, 11) is 0. The lowest BCUT2D eigenvalue weighted by Crippen LogP contribution is -2.45. The minimum absolute atomic E-state index is 0.0998. The van der Waals surface area contributed by atoms with E-state index in [4.69, 9.17) is 4.74 Å². The number of aromatic nitrogens is 5. The second kappa shape index (κ2) is 8.52. The Balaban J connectivity index is 1.52. The van der Waals surface area contributed by atoms with Crippen LogP contribution in [0.15, 0.2) is 36.8 Å². The predicted octanol–water partition coefficient (Wildman–Crippen LogP) is 3.21. The summed E-state index contributed by atoms with van der Waals surface area (Å²) >= 11 is 0. The average molecular weight is 450 g/mol. The molecule has 0 spiro atoms. The van der Waals surface area contributed by atoms with Crippen LogP contribution in [0.4, 0.5) is 17.6 Å². The lowest BCUT2D eigenvalue weighted by Gasteiger charge is -2.32. The standard InChI is InChI=1S/C20H18F4N6O2/c1-12-4-5-16(30-26-6-7-27-30)17(28-12)19(31)29-8-2-3-14(11-29)32-18-15(21)9-13(10-25-18)20(22,23)24/h4-7,9-10,14H,2-3,8,11H2,1H3. The van der Waals surface area contributed by atoms with E-state index in [9.17, 15) is 22.4 Å². The summed E-state index contributed by atoms with van der Waals surface area (Å²) in [5.41, 5.74) is -0.0112. The summed E-state index contributed by atoms with van der Waals surface area (Å²) in [6.07, 6.45) is -0.829. The number of amides is 1. The molecule has 0 saturated carbocycles. The third-order valence-electron chi connectivity index (χ3n) is 4.93. The molecule has 12 heteroatoms. The van der Waals surface area contributed by atoms with Crippen molar-refractivity contribution >= 4 is 5.91 Å². The number of rotatable bonds is 4. The average Bonchev–Trinajstić information content (AvgIpc) is 3.29. The van der Waals surface area contributed by atoms with Crippen LogP contribution in [0.2, 0.25) is 0 Å². The van der Waals surface area contributed by atoms with Crippen molar-refractivity contribution in [2.75, 3.05) is 13.1 Å². The van der Waals surface area contributed by atoms with Crippen LogP contribution in [0, 0.1) is 12.7 Å². The van der Waals surface area contributed by atoms with Gasteiger partial charge in [0.15, 0.2) is 11.5 Å². The zero-order chi connectivity index (χ0) is 22.9. The molecule has 1 atom stereocenters. The van der Waals surface area contributed by atoms with Gasteiger partial charge in [-0.15, -0.1) is 4.80 Å². The highest BCUT2D eigenvalue weighted by Gasteiger charge is 2.33. The number of hydrogen-bond acceptors (Lipinski definition) is 6. The van der Waals surface area contributed by atoms with Crippen LogP contribution < -0.4 is 4.74 Å². The van der Waals surface area contributed by atoms with E-state index in [0.717, 1.165) is 0 Å². The van der Waals surface area contributed by atoms with Gasteiger partial charge in [-0.1, -0.05) is 0 Å². The summed E-state index contributed by atoms with van der Waals surface area (Å²) in [4.78, 5) is 23.8. The van der Waals surface area contributed by atoms with Crippen LogP contribution in [0.1, 0.15) is 34.6 Å². The first-order chi connectivity index (χ1) is 15.2. The number of alkyl halides is 3. The number of carbonyl (C=O) groups excluding carboxylic acids is 1. The molecule has 32 heavy (non-hydrogen) atoms. The molecule has 1 amide bonds. The summed E-state index contributed by atoms with van der Waals surface area (Å²) < 4.78 is 57.8. The number of hydrogen-bond donors (Lipinski definition) is 0. The number of pyridine rings is 2. The number of aryl methyl sites for hydroxylation is 1. The molecule has 1 fully saturated rings. The highest BCUT2D eigenvalue weighted by Crippen LogP contribution is 2.31. The molecular weight excluding hydrogens is 432 g/mol. The number of piperidine rings is 1. The minimum atomic E-state index is -4.71. The smallest absolute Gasteiger partial charge is 0.417 e. The van der Waals surface area contributed by atoms with E-state index in [1.807, 2.05) is 0 Å². The quantitative estimate of drug-likeness (QED) is 0.568. The molecule has 1 unspecified atom stereocenters. The van der Waals surface area contributed by atoms with E-state index in [1.54, 1.807) is 19.1 Å². The third kappa shape index (κ3) is 4.53. The van der Waals surface area contributed by atoms with Crippen molar-refractivity contribution in [3.05, 3.63) is 59.6 Å². The topological polar surface area (TPSA) is 86.0 Å². The molecule has 0 radical (unpaired) electrons. The maximum Gasteiger partial charge on any atom is 0.417 e. The Morgan fingerprint density at radius 1 is 1.22 bits per heavy atom. The minimum Gasteiger partial charge on any atom is -0.470 e. The van der Waals surface area contributed by atoms with E-state index >= 15 is 0 Å². The summed E-state index contributed by atoms with van der Waals surface area (Å²) in [6, 6.07) is 3.76. The first-order valence-electron chi connectivity index (χ1n) is 9.75. The molecule has 8 nitrogen and oxygen atoms in total. The van der Waals surface area contributed by atoms with Gasteiger partial charge in [0.25, 0.3) is 11.8 Å². The molecule has 1 aliphatic heterocycles. The van der Waals surface area contributed by atoms with Crippen molar-refractivity contribution in [1.82, 2.24) is 29.9 Å². The number of halogens is 4. The van der Waals surface area contributed by atoms with Gasteiger partial charge in [0.1, 0.15) is 11.8 Å². The first kappa shape index (κ1) is 21.7. The number of ether oxygens (including phenoxy) is 1. The van der Waals surface area contributed by atoms with Crippen LogP contribution in [0.5, 0.6) is 5.88 Å². The van der Waals surface area contributed by atoms with Crippen molar-refractivity contribution in [3.63, 3.8) is 0 Å². The predicted molar refractivity (Wildman–Crippen MR) is 103 cm³/mol. The maximum atomic E-state index is 14.1. The van der Waals surface area contributed by atoms with Gasteiger partial charge in [-0.3, -0.25) is 4.79 Å². The number of nitrogens with zero attached hydrogens (tertiary/aromatic N) is 6. The van der Waals surface area contributed by atoms with Crippen molar-refractivity contribution in [1.29, 1.82) is 0 Å². The maximum absolute atomic E-state index is 14.1. The highest BCUT2D eigenvalue weighted by atomic mass is 19.4. The van der Waals surface area contributed by atoms with E-state index in [0.29, 0.717) is 43.0 Å². The van der Waals surface area contributed by atoms with E-state index in [-0.39, 0.29) is 18.1 Å². The van der Waals surface area contributed by atoms with Gasteiger partial charge in [-0.2, -0.15) is 23.4 Å². The fourth-order valence-corrected chi connectivity index (χ4v) is 3.40. The highest BCUT2D eigenvalue weighted by molar-refractivity contribution is 5.95. The van der Waals surface area contributed by atoms with Crippen LogP contribution in [0.3, 0.4) is 0 Å². The summed E-state index contributed by atoms with van der Waals surface area (Å²) in [6.45, 7) is 2.27. The molecule has 1 saturated heterocycles. The van der Waals surface area contributed by atoms with Gasteiger partial charge >= 0.3 is 6.18 Å². The molecule has 0 aliphatic carbocycles. The third-order valence-corrected chi connectivity index (χ3v) is 4.93. The number of carbonyl (C=O) groups is 1. The zero-order valence-corrected chi connectivity index (χ0v) is 16.9. The van der Waals surface area contributed by atoms with Gasteiger partial charge in [0.2, 0.25) is 0 Å². The van der Waals surface area contributed by atoms with E-state index < -0.39 is 29.5 Å². The molecule has 4 heterocycles. The molecule has 3 aromatic rings. The van der Waals surface area contributed by atoms with Crippen LogP contribution >= 0.6 is 0 Å². The Hall–Kier alpha value is -3.57. The largest absolute Gasteiger partial charge is 0.470 e. The van der Waals surface area contributed by atoms with Gasteiger partial charge in [0, 0.05) is 18.4 Å².